The van der Waals surface area contributed by atoms with Crippen LogP contribution in [0.5, 0.6) is 0 Å². The van der Waals surface area contributed by atoms with Crippen LogP contribution in [0.1, 0.15) is 40.5 Å². The van der Waals surface area contributed by atoms with Gasteiger partial charge in [-0.15, -0.1) is 0 Å². The van der Waals surface area contributed by atoms with Gasteiger partial charge in [0.1, 0.15) is 0 Å². The van der Waals surface area contributed by atoms with Crippen LogP contribution < -0.4 is 11.5 Å². The number of aliphatic imine (C=N–C) groups is 2. The number of rotatable bonds is 8. The van der Waals surface area contributed by atoms with Gasteiger partial charge in [-0.3, -0.25) is 9.98 Å². The molecular formula is C12H26N6. The summed E-state index contributed by atoms with van der Waals surface area (Å²) in [6, 6.07) is 0.0965. The van der Waals surface area contributed by atoms with Crippen LogP contribution in [-0.4, -0.2) is 36.8 Å². The van der Waals surface area contributed by atoms with Crippen LogP contribution in [0.15, 0.2) is 20.2 Å². The molecule has 0 aromatic rings. The van der Waals surface area contributed by atoms with Gasteiger partial charge in [-0.05, 0) is 27.7 Å². The summed E-state index contributed by atoms with van der Waals surface area (Å²) in [6.45, 7) is 9.26. The summed E-state index contributed by atoms with van der Waals surface area (Å²) < 4.78 is 0. The van der Waals surface area contributed by atoms with Gasteiger partial charge in [-0.2, -0.15) is 10.2 Å². The molecule has 0 bridgehead atoms. The van der Waals surface area contributed by atoms with Gasteiger partial charge < -0.3 is 11.5 Å². The van der Waals surface area contributed by atoms with E-state index in [0.717, 1.165) is 0 Å². The normalized spacial score (nSPS) is 17.1. The van der Waals surface area contributed by atoms with E-state index in [1.165, 1.54) is 0 Å². The average Bonchev–Trinajstić information content (AvgIpc) is 2.27. The van der Waals surface area contributed by atoms with Crippen LogP contribution in [0.4, 0.5) is 0 Å². The molecule has 0 aliphatic rings. The highest BCUT2D eigenvalue weighted by Crippen LogP contribution is 2.03. The molecule has 0 rings (SSSR count). The van der Waals surface area contributed by atoms with Gasteiger partial charge in [0.05, 0.1) is 23.8 Å². The quantitative estimate of drug-likeness (QED) is 0.391. The first kappa shape index (κ1) is 16.5. The third kappa shape index (κ3) is 8.66. The maximum Gasteiger partial charge on any atom is 0.0959 e. The molecule has 104 valence electrons. The van der Waals surface area contributed by atoms with E-state index in [1.807, 2.05) is 27.7 Å². The standard InChI is InChI=1S/C12H26N6/c1-5-15-11(13)7-9(3)17-18-10(4)8-12(14)16-6-2/h9-10H,5-8H2,1-4H3,(H2,13,15)(H2,14,16). The molecule has 4 N–H and O–H groups in total. The Kier molecular flexibility index (Phi) is 8.78. The monoisotopic (exact) mass is 254 g/mol. The molecule has 0 aliphatic heterocycles. The highest BCUT2D eigenvalue weighted by Gasteiger charge is 2.05. The van der Waals surface area contributed by atoms with E-state index in [0.29, 0.717) is 37.6 Å². The molecule has 0 amide bonds. The maximum absolute atomic E-state index is 5.72. The van der Waals surface area contributed by atoms with Crippen molar-refractivity contribution in [3.05, 3.63) is 0 Å². The molecule has 18 heavy (non-hydrogen) atoms. The minimum absolute atomic E-state index is 0.0482. The summed E-state index contributed by atoms with van der Waals surface area (Å²) in [5.74, 6) is 1.26. The third-order valence-corrected chi connectivity index (χ3v) is 2.19. The molecule has 0 spiro atoms. The van der Waals surface area contributed by atoms with Crippen molar-refractivity contribution in [2.24, 2.45) is 31.7 Å². The number of hydrogen-bond acceptors (Lipinski definition) is 4. The minimum atomic E-state index is 0.0482. The summed E-state index contributed by atoms with van der Waals surface area (Å²) in [7, 11) is 0. The number of amidine groups is 2. The maximum atomic E-state index is 5.72. The molecule has 0 heterocycles. The Balaban J connectivity index is 4.13. The van der Waals surface area contributed by atoms with Gasteiger partial charge in [-0.25, -0.2) is 0 Å². The first-order valence-electron chi connectivity index (χ1n) is 6.47. The van der Waals surface area contributed by atoms with Crippen molar-refractivity contribution >= 4 is 11.7 Å². The number of azo groups is 1. The van der Waals surface area contributed by atoms with Crippen molar-refractivity contribution in [1.82, 2.24) is 0 Å². The molecule has 0 aromatic heterocycles. The molecule has 0 saturated carbocycles. The molecule has 0 aliphatic carbocycles. The van der Waals surface area contributed by atoms with Crippen LogP contribution in [0, 0.1) is 0 Å². The van der Waals surface area contributed by atoms with E-state index in [-0.39, 0.29) is 12.1 Å². The Morgan fingerprint density at radius 2 is 1.17 bits per heavy atom. The Morgan fingerprint density at radius 1 is 0.833 bits per heavy atom. The van der Waals surface area contributed by atoms with Crippen LogP contribution in [0.25, 0.3) is 0 Å². The lowest BCUT2D eigenvalue weighted by molar-refractivity contribution is 0.637. The lowest BCUT2D eigenvalue weighted by Gasteiger charge is -2.07. The molecular weight excluding hydrogens is 228 g/mol. The fourth-order valence-electron chi connectivity index (χ4n) is 1.45. The SMILES string of the molecule is CCN=C(N)CC(C)N=NC(C)CC(N)=NCC. The highest BCUT2D eigenvalue weighted by atomic mass is 15.1. The first-order chi connectivity index (χ1) is 8.49. The Labute approximate surface area is 110 Å². The van der Waals surface area contributed by atoms with Gasteiger partial charge in [-0.1, -0.05) is 0 Å². The van der Waals surface area contributed by atoms with E-state index in [4.69, 9.17) is 11.5 Å². The summed E-state index contributed by atoms with van der Waals surface area (Å²) in [4.78, 5) is 8.24. The predicted octanol–water partition coefficient (Wildman–Crippen LogP) is 1.75. The number of hydrogen-bond donors (Lipinski definition) is 2. The molecule has 6 heteroatoms. The fourth-order valence-corrected chi connectivity index (χ4v) is 1.45. The lowest BCUT2D eigenvalue weighted by atomic mass is 10.2. The van der Waals surface area contributed by atoms with Crippen LogP contribution in [-0.2, 0) is 0 Å². The van der Waals surface area contributed by atoms with Crippen LogP contribution >= 0.6 is 0 Å². The lowest BCUT2D eigenvalue weighted by Crippen LogP contribution is -2.19. The number of nitrogens with zero attached hydrogens (tertiary/aromatic N) is 4. The Bertz CT molecular complexity index is 278. The third-order valence-electron chi connectivity index (χ3n) is 2.19. The smallest absolute Gasteiger partial charge is 0.0959 e. The van der Waals surface area contributed by atoms with Crippen molar-refractivity contribution in [3.8, 4) is 0 Å². The zero-order valence-corrected chi connectivity index (χ0v) is 11.9. The van der Waals surface area contributed by atoms with Gasteiger partial charge >= 0.3 is 0 Å². The van der Waals surface area contributed by atoms with Crippen molar-refractivity contribution in [1.29, 1.82) is 0 Å². The van der Waals surface area contributed by atoms with E-state index < -0.39 is 0 Å². The van der Waals surface area contributed by atoms with E-state index in [2.05, 4.69) is 20.2 Å². The molecule has 2 unspecified atom stereocenters. The zero-order chi connectivity index (χ0) is 14.0. The second-order valence-electron chi connectivity index (χ2n) is 4.27. The predicted molar refractivity (Wildman–Crippen MR) is 77.3 cm³/mol. The largest absolute Gasteiger partial charge is 0.387 e. The minimum Gasteiger partial charge on any atom is -0.387 e. The van der Waals surface area contributed by atoms with Gasteiger partial charge in [0.2, 0.25) is 0 Å². The summed E-state index contributed by atoms with van der Waals surface area (Å²) in [5.41, 5.74) is 11.4. The molecule has 0 aromatic carbocycles. The van der Waals surface area contributed by atoms with Gasteiger partial charge in [0, 0.05) is 25.9 Å². The summed E-state index contributed by atoms with van der Waals surface area (Å²) >= 11 is 0. The summed E-state index contributed by atoms with van der Waals surface area (Å²) in [6.07, 6.45) is 1.28. The average molecular weight is 254 g/mol. The molecule has 0 radical (unpaired) electrons. The van der Waals surface area contributed by atoms with Crippen molar-refractivity contribution < 1.29 is 0 Å². The van der Waals surface area contributed by atoms with Crippen LogP contribution in [0.2, 0.25) is 0 Å². The second-order valence-corrected chi connectivity index (χ2v) is 4.27. The first-order valence-corrected chi connectivity index (χ1v) is 6.47. The van der Waals surface area contributed by atoms with Crippen LogP contribution in [0.3, 0.4) is 0 Å². The zero-order valence-electron chi connectivity index (χ0n) is 11.9. The molecule has 0 saturated heterocycles. The fraction of sp³-hybridized carbons (Fsp3) is 0.833. The molecule has 0 fully saturated rings. The Morgan fingerprint density at radius 3 is 1.44 bits per heavy atom. The summed E-state index contributed by atoms with van der Waals surface area (Å²) in [5, 5.41) is 8.43. The van der Waals surface area contributed by atoms with E-state index in [1.54, 1.807) is 0 Å². The van der Waals surface area contributed by atoms with Crippen molar-refractivity contribution in [2.75, 3.05) is 13.1 Å². The topological polar surface area (TPSA) is 101 Å². The molecule has 6 nitrogen and oxygen atoms in total. The Hall–Kier alpha value is -1.46. The number of nitrogens with two attached hydrogens (primary N) is 2. The molecule has 2 atom stereocenters. The van der Waals surface area contributed by atoms with E-state index >= 15 is 0 Å². The highest BCUT2D eigenvalue weighted by molar-refractivity contribution is 5.81. The van der Waals surface area contributed by atoms with E-state index in [9.17, 15) is 0 Å². The van der Waals surface area contributed by atoms with Gasteiger partial charge in [0.15, 0.2) is 0 Å². The second kappa shape index (κ2) is 9.56. The van der Waals surface area contributed by atoms with Gasteiger partial charge in [0.25, 0.3) is 0 Å². The van der Waals surface area contributed by atoms with Crippen molar-refractivity contribution in [3.63, 3.8) is 0 Å². The van der Waals surface area contributed by atoms with Crippen molar-refractivity contribution in [2.45, 2.75) is 52.6 Å².